The number of phenolic OH excluding ortho intramolecular Hbond substituents is 1. The number of halogens is 1. The minimum Gasteiger partial charge on any atom is -0.507 e. The van der Waals surface area contributed by atoms with Gasteiger partial charge in [0.2, 0.25) is 0 Å². The Kier molecular flexibility index (Phi) is 4.52. The van der Waals surface area contributed by atoms with Crippen LogP contribution in [0.25, 0.3) is 6.08 Å². The maximum Gasteiger partial charge on any atom is 0.265 e. The number of phenols is 1. The molecule has 2 rings (SSSR count). The molecule has 1 N–H and O–H groups in total. The van der Waals surface area contributed by atoms with E-state index in [1.165, 1.54) is 22.7 Å². The van der Waals surface area contributed by atoms with E-state index in [1.807, 2.05) is 6.92 Å². The van der Waals surface area contributed by atoms with Crippen molar-refractivity contribution in [3.63, 3.8) is 0 Å². The highest BCUT2D eigenvalue weighted by atomic mass is 35.5. The number of hydrogen-bond donors (Lipinski definition) is 1. The van der Waals surface area contributed by atoms with Gasteiger partial charge in [0.05, 0.1) is 4.91 Å². The van der Waals surface area contributed by atoms with Crippen LogP contribution in [-0.2, 0) is 4.79 Å². The maximum atomic E-state index is 11.9. The Balaban J connectivity index is 2.30. The molecule has 1 aliphatic heterocycles. The van der Waals surface area contributed by atoms with Crippen molar-refractivity contribution >= 4 is 51.9 Å². The molecular formula is C14H12ClNO2S2. The van der Waals surface area contributed by atoms with E-state index < -0.39 is 0 Å². The average Bonchev–Trinajstić information content (AvgIpc) is 2.61. The largest absolute Gasteiger partial charge is 0.507 e. The van der Waals surface area contributed by atoms with Gasteiger partial charge in [0.25, 0.3) is 5.91 Å². The van der Waals surface area contributed by atoms with Crippen LogP contribution in [0.5, 0.6) is 5.75 Å². The van der Waals surface area contributed by atoms with Gasteiger partial charge in [0, 0.05) is 17.6 Å². The topological polar surface area (TPSA) is 40.5 Å². The van der Waals surface area contributed by atoms with E-state index in [4.69, 9.17) is 23.8 Å². The molecule has 0 aliphatic carbocycles. The second kappa shape index (κ2) is 5.99. The lowest BCUT2D eigenvalue weighted by atomic mass is 10.1. The number of amides is 1. The molecule has 0 aromatic heterocycles. The third kappa shape index (κ3) is 3.23. The van der Waals surface area contributed by atoms with Crippen molar-refractivity contribution < 1.29 is 9.90 Å². The predicted molar refractivity (Wildman–Crippen MR) is 87.8 cm³/mol. The van der Waals surface area contributed by atoms with Crippen LogP contribution in [0.4, 0.5) is 0 Å². The summed E-state index contributed by atoms with van der Waals surface area (Å²) in [7, 11) is 1.65. The molecule has 1 fully saturated rings. The molecule has 20 heavy (non-hydrogen) atoms. The minimum atomic E-state index is -0.108. The Hall–Kier alpha value is -1.30. The smallest absolute Gasteiger partial charge is 0.265 e. The molecule has 3 nitrogen and oxygen atoms in total. The van der Waals surface area contributed by atoms with Crippen LogP contribution < -0.4 is 0 Å². The Morgan fingerprint density at radius 3 is 2.80 bits per heavy atom. The van der Waals surface area contributed by atoms with Crippen molar-refractivity contribution in [1.82, 2.24) is 4.90 Å². The number of nitrogens with zero attached hydrogens (tertiary/aromatic N) is 1. The van der Waals surface area contributed by atoms with E-state index in [2.05, 4.69) is 0 Å². The van der Waals surface area contributed by atoms with Crippen LogP contribution in [-0.4, -0.2) is 27.3 Å². The summed E-state index contributed by atoms with van der Waals surface area (Å²) in [6, 6.07) is 4.82. The van der Waals surface area contributed by atoms with E-state index in [-0.39, 0.29) is 11.7 Å². The molecule has 0 spiro atoms. The summed E-state index contributed by atoms with van der Waals surface area (Å²) in [5, 5.41) is 10.3. The number of benzene rings is 1. The molecule has 1 saturated heterocycles. The zero-order valence-electron chi connectivity index (χ0n) is 10.9. The van der Waals surface area contributed by atoms with Gasteiger partial charge < -0.3 is 5.11 Å². The van der Waals surface area contributed by atoms with Gasteiger partial charge in [-0.3, -0.25) is 9.69 Å². The van der Waals surface area contributed by atoms with Crippen LogP contribution in [0.2, 0.25) is 5.02 Å². The second-order valence-electron chi connectivity index (χ2n) is 4.33. The molecule has 1 amide bonds. The van der Waals surface area contributed by atoms with Crippen LogP contribution in [0, 0.1) is 0 Å². The normalized spacial score (nSPS) is 18.2. The maximum absolute atomic E-state index is 11.9. The number of thioether (sulfide) groups is 1. The van der Waals surface area contributed by atoms with Crippen molar-refractivity contribution in [2.45, 2.75) is 6.92 Å². The molecule has 1 aromatic rings. The van der Waals surface area contributed by atoms with Gasteiger partial charge in [-0.2, -0.15) is 0 Å². The van der Waals surface area contributed by atoms with Gasteiger partial charge in [0.15, 0.2) is 0 Å². The summed E-state index contributed by atoms with van der Waals surface area (Å²) >= 11 is 12.2. The fraction of sp³-hybridized carbons (Fsp3) is 0.143. The first-order chi connectivity index (χ1) is 9.38. The van der Waals surface area contributed by atoms with Crippen LogP contribution in [0.15, 0.2) is 34.8 Å². The summed E-state index contributed by atoms with van der Waals surface area (Å²) in [6.45, 7) is 1.85. The highest BCUT2D eigenvalue weighted by molar-refractivity contribution is 8.26. The van der Waals surface area contributed by atoms with Crippen molar-refractivity contribution in [3.8, 4) is 5.75 Å². The SMILES string of the molecule is CC(=Cc1cc(Cl)ccc1O)C=C1SC(=S)N(C)C1=O. The van der Waals surface area contributed by atoms with E-state index >= 15 is 0 Å². The number of carbonyl (C=O) groups is 1. The van der Waals surface area contributed by atoms with E-state index in [0.717, 1.165) is 5.57 Å². The summed E-state index contributed by atoms with van der Waals surface area (Å²) in [5.41, 5.74) is 1.44. The number of likely N-dealkylation sites (N-methyl/N-ethyl adjacent to an activating group) is 1. The van der Waals surface area contributed by atoms with Gasteiger partial charge in [-0.1, -0.05) is 35.6 Å². The first-order valence-corrected chi connectivity index (χ1v) is 7.37. The summed E-state index contributed by atoms with van der Waals surface area (Å²) in [4.78, 5) is 13.9. The monoisotopic (exact) mass is 325 g/mol. The lowest BCUT2D eigenvalue weighted by Gasteiger charge is -2.03. The first kappa shape index (κ1) is 15.1. The Bertz CT molecular complexity index is 653. The highest BCUT2D eigenvalue weighted by Gasteiger charge is 2.28. The fourth-order valence-corrected chi connectivity index (χ4v) is 3.09. The summed E-state index contributed by atoms with van der Waals surface area (Å²) in [6.07, 6.45) is 3.52. The van der Waals surface area contributed by atoms with Gasteiger partial charge >= 0.3 is 0 Å². The molecule has 0 radical (unpaired) electrons. The number of rotatable bonds is 2. The summed E-state index contributed by atoms with van der Waals surface area (Å²) in [5.74, 6) is 0.0354. The van der Waals surface area contributed by atoms with Crippen molar-refractivity contribution in [2.75, 3.05) is 7.05 Å². The molecule has 0 saturated carbocycles. The zero-order chi connectivity index (χ0) is 14.9. The average molecular weight is 326 g/mol. The van der Waals surface area contributed by atoms with Gasteiger partial charge in [-0.25, -0.2) is 0 Å². The Morgan fingerprint density at radius 1 is 1.50 bits per heavy atom. The second-order valence-corrected chi connectivity index (χ2v) is 6.44. The number of aromatic hydroxyl groups is 1. The van der Waals surface area contributed by atoms with E-state index in [0.29, 0.717) is 19.8 Å². The Morgan fingerprint density at radius 2 is 2.20 bits per heavy atom. The van der Waals surface area contributed by atoms with Gasteiger partial charge in [-0.05, 0) is 42.8 Å². The van der Waals surface area contributed by atoms with Crippen molar-refractivity contribution in [2.24, 2.45) is 0 Å². The third-order valence-corrected chi connectivity index (χ3v) is 4.44. The molecule has 0 atom stereocenters. The molecule has 1 heterocycles. The zero-order valence-corrected chi connectivity index (χ0v) is 13.3. The van der Waals surface area contributed by atoms with E-state index in [9.17, 15) is 9.90 Å². The minimum absolute atomic E-state index is 0.108. The molecule has 1 aromatic carbocycles. The van der Waals surface area contributed by atoms with Gasteiger partial charge in [-0.15, -0.1) is 0 Å². The van der Waals surface area contributed by atoms with Crippen molar-refractivity contribution in [3.05, 3.63) is 45.3 Å². The molecule has 1 aliphatic rings. The van der Waals surface area contributed by atoms with Crippen LogP contribution in [0.3, 0.4) is 0 Å². The van der Waals surface area contributed by atoms with Gasteiger partial charge in [0.1, 0.15) is 10.1 Å². The van der Waals surface area contributed by atoms with E-state index in [1.54, 1.807) is 31.3 Å². The molecule has 6 heteroatoms. The Labute approximate surface area is 131 Å². The number of allylic oxidation sites excluding steroid dienone is 2. The predicted octanol–water partition coefficient (Wildman–Crippen LogP) is 3.82. The summed E-state index contributed by atoms with van der Waals surface area (Å²) < 4.78 is 0.541. The molecular weight excluding hydrogens is 314 g/mol. The number of thiocarbonyl (C=S) groups is 1. The third-order valence-electron chi connectivity index (χ3n) is 2.72. The molecule has 104 valence electrons. The lowest BCUT2D eigenvalue weighted by molar-refractivity contribution is -0.121. The molecule has 0 unspecified atom stereocenters. The number of carbonyl (C=O) groups excluding carboxylic acids is 1. The quantitative estimate of drug-likeness (QED) is 0.663. The fourth-order valence-electron chi connectivity index (χ4n) is 1.68. The standard InChI is InChI=1S/C14H12ClNO2S2/c1-8(5-9-7-10(15)3-4-11(9)17)6-12-13(18)16(2)14(19)20-12/h3-7,17H,1-2H3. The number of hydrogen-bond acceptors (Lipinski definition) is 4. The van der Waals surface area contributed by atoms with Crippen LogP contribution in [0.1, 0.15) is 12.5 Å². The first-order valence-electron chi connectivity index (χ1n) is 5.77. The highest BCUT2D eigenvalue weighted by Crippen LogP contribution is 2.31. The van der Waals surface area contributed by atoms with Crippen LogP contribution >= 0.6 is 35.6 Å². The lowest BCUT2D eigenvalue weighted by Crippen LogP contribution is -2.22. The molecule has 0 bridgehead atoms. The van der Waals surface area contributed by atoms with Crippen molar-refractivity contribution in [1.29, 1.82) is 0 Å².